The molecule has 1 unspecified atom stereocenters. The van der Waals surface area contributed by atoms with E-state index in [1.165, 1.54) is 5.56 Å². The van der Waals surface area contributed by atoms with E-state index in [4.69, 9.17) is 34.8 Å². The molecule has 2 aromatic carbocycles. The van der Waals surface area contributed by atoms with E-state index in [1.807, 2.05) is 31.2 Å². The van der Waals surface area contributed by atoms with Crippen LogP contribution in [0.25, 0.3) is 11.0 Å². The van der Waals surface area contributed by atoms with E-state index in [0.717, 1.165) is 16.9 Å². The summed E-state index contributed by atoms with van der Waals surface area (Å²) in [5.74, 6) is 0.814. The highest BCUT2D eigenvalue weighted by molar-refractivity contribution is 6.42. The van der Waals surface area contributed by atoms with Crippen LogP contribution in [0, 0.1) is 0 Å². The van der Waals surface area contributed by atoms with Gasteiger partial charge in [-0.3, -0.25) is 0 Å². The molecular weight excluding hydrogens is 327 g/mol. The van der Waals surface area contributed by atoms with Crippen LogP contribution in [0.2, 0.25) is 10.0 Å². The average Bonchev–Trinajstić information content (AvgIpc) is 2.79. The fraction of sp³-hybridized carbons (Fsp3) is 0.188. The smallest absolute Gasteiger partial charge is 0.128 e. The van der Waals surface area contributed by atoms with Crippen molar-refractivity contribution < 1.29 is 0 Å². The van der Waals surface area contributed by atoms with Gasteiger partial charge in [-0.15, -0.1) is 11.6 Å². The Hall–Kier alpha value is -1.22. The summed E-state index contributed by atoms with van der Waals surface area (Å²) in [5, 5.41) is 0.827. The predicted octanol–water partition coefficient (Wildman–Crippen LogP) is 5.69. The van der Waals surface area contributed by atoms with Gasteiger partial charge in [0.25, 0.3) is 0 Å². The number of imidazole rings is 1. The third-order valence-electron chi connectivity index (χ3n) is 3.36. The fourth-order valence-electron chi connectivity index (χ4n) is 2.37. The van der Waals surface area contributed by atoms with Crippen LogP contribution >= 0.6 is 34.8 Å². The minimum absolute atomic E-state index is 0.196. The molecular formula is C16H13Cl3N2. The van der Waals surface area contributed by atoms with Crippen molar-refractivity contribution in [1.29, 1.82) is 0 Å². The van der Waals surface area contributed by atoms with Gasteiger partial charge in [-0.1, -0.05) is 53.5 Å². The molecule has 3 aromatic rings. The second-order valence-corrected chi connectivity index (χ2v) is 6.38. The normalized spacial score (nSPS) is 12.8. The van der Waals surface area contributed by atoms with Crippen LogP contribution in [-0.2, 0) is 6.54 Å². The Morgan fingerprint density at radius 1 is 1.10 bits per heavy atom. The van der Waals surface area contributed by atoms with Crippen LogP contribution < -0.4 is 0 Å². The van der Waals surface area contributed by atoms with Gasteiger partial charge in [0.05, 0.1) is 26.5 Å². The number of fused-ring (bicyclic) bond motifs is 1. The second-order valence-electron chi connectivity index (χ2n) is 4.91. The van der Waals surface area contributed by atoms with Gasteiger partial charge in [0.15, 0.2) is 0 Å². The lowest BCUT2D eigenvalue weighted by Crippen LogP contribution is -2.05. The molecule has 0 aliphatic heterocycles. The number of nitrogens with zero attached hydrogens (tertiary/aromatic N) is 2. The van der Waals surface area contributed by atoms with Crippen molar-refractivity contribution in [3.63, 3.8) is 0 Å². The van der Waals surface area contributed by atoms with Crippen molar-refractivity contribution in [2.45, 2.75) is 18.8 Å². The van der Waals surface area contributed by atoms with Crippen LogP contribution in [0.15, 0.2) is 42.5 Å². The lowest BCUT2D eigenvalue weighted by molar-refractivity contribution is 0.742. The van der Waals surface area contributed by atoms with Gasteiger partial charge in [0.2, 0.25) is 0 Å². The first-order chi connectivity index (χ1) is 10.1. The van der Waals surface area contributed by atoms with Gasteiger partial charge in [0, 0.05) is 6.54 Å². The number of benzene rings is 2. The van der Waals surface area contributed by atoms with Gasteiger partial charge >= 0.3 is 0 Å². The lowest BCUT2D eigenvalue weighted by Gasteiger charge is -2.11. The molecule has 0 N–H and O–H groups in total. The monoisotopic (exact) mass is 338 g/mol. The number of rotatable bonds is 3. The molecule has 1 atom stereocenters. The molecule has 0 aliphatic carbocycles. The molecule has 0 amide bonds. The summed E-state index contributed by atoms with van der Waals surface area (Å²) in [7, 11) is 0. The highest BCUT2D eigenvalue weighted by Gasteiger charge is 2.16. The van der Waals surface area contributed by atoms with Crippen LogP contribution in [0.3, 0.4) is 0 Å². The van der Waals surface area contributed by atoms with Gasteiger partial charge in [-0.2, -0.15) is 0 Å². The molecule has 0 radical (unpaired) electrons. The van der Waals surface area contributed by atoms with E-state index in [2.05, 4.69) is 21.7 Å². The Bertz CT molecular complexity index is 779. The molecule has 1 aromatic heterocycles. The first kappa shape index (κ1) is 14.7. The van der Waals surface area contributed by atoms with Gasteiger partial charge in [-0.05, 0) is 24.6 Å². The van der Waals surface area contributed by atoms with Crippen molar-refractivity contribution in [1.82, 2.24) is 9.55 Å². The summed E-state index contributed by atoms with van der Waals surface area (Å²) in [6.07, 6.45) is 0. The summed E-state index contributed by atoms with van der Waals surface area (Å²) in [6.45, 7) is 2.61. The maximum absolute atomic E-state index is 6.28. The molecule has 5 heteroatoms. The standard InChI is InChI=1S/C16H13Cl3N2/c1-10(17)16-20-14-7-12(18)13(19)8-15(14)21(16)9-11-5-3-2-4-6-11/h2-8,10H,9H2,1H3. The number of alkyl halides is 1. The Kier molecular flexibility index (Phi) is 4.12. The average molecular weight is 340 g/mol. The minimum Gasteiger partial charge on any atom is -0.322 e. The molecule has 0 fully saturated rings. The maximum atomic E-state index is 6.28. The predicted molar refractivity (Wildman–Crippen MR) is 89.6 cm³/mol. The quantitative estimate of drug-likeness (QED) is 0.560. The van der Waals surface area contributed by atoms with Crippen LogP contribution in [0.1, 0.15) is 23.7 Å². The molecule has 2 nitrogen and oxygen atoms in total. The molecule has 0 spiro atoms. The van der Waals surface area contributed by atoms with Crippen molar-refractivity contribution in [3.05, 3.63) is 63.9 Å². The highest BCUT2D eigenvalue weighted by atomic mass is 35.5. The van der Waals surface area contributed by atoms with Crippen LogP contribution in [0.4, 0.5) is 0 Å². The molecule has 0 saturated carbocycles. The van der Waals surface area contributed by atoms with Crippen molar-refractivity contribution in [2.24, 2.45) is 0 Å². The topological polar surface area (TPSA) is 17.8 Å². The summed E-state index contributed by atoms with van der Waals surface area (Å²) < 4.78 is 2.09. The Labute approximate surface area is 138 Å². The second kappa shape index (κ2) is 5.88. The maximum Gasteiger partial charge on any atom is 0.128 e. The van der Waals surface area contributed by atoms with Crippen LogP contribution in [-0.4, -0.2) is 9.55 Å². The van der Waals surface area contributed by atoms with Crippen molar-refractivity contribution in [3.8, 4) is 0 Å². The summed E-state index contributed by atoms with van der Waals surface area (Å²) in [5.41, 5.74) is 2.93. The van der Waals surface area contributed by atoms with E-state index in [1.54, 1.807) is 6.07 Å². The lowest BCUT2D eigenvalue weighted by atomic mass is 10.2. The third kappa shape index (κ3) is 2.89. The molecule has 108 valence electrons. The highest BCUT2D eigenvalue weighted by Crippen LogP contribution is 2.31. The van der Waals surface area contributed by atoms with Gasteiger partial charge in [0.1, 0.15) is 5.82 Å². The summed E-state index contributed by atoms with van der Waals surface area (Å²) in [4.78, 5) is 4.60. The van der Waals surface area contributed by atoms with Crippen molar-refractivity contribution in [2.75, 3.05) is 0 Å². The van der Waals surface area contributed by atoms with E-state index >= 15 is 0 Å². The SMILES string of the molecule is CC(Cl)c1nc2cc(Cl)c(Cl)cc2n1Cc1ccccc1. The molecule has 0 aliphatic rings. The van der Waals surface area contributed by atoms with E-state index in [-0.39, 0.29) is 5.38 Å². The Balaban J connectivity index is 2.18. The third-order valence-corrected chi connectivity index (χ3v) is 4.28. The molecule has 1 heterocycles. The van der Waals surface area contributed by atoms with Gasteiger partial charge in [-0.25, -0.2) is 4.98 Å². The fourth-order valence-corrected chi connectivity index (χ4v) is 2.86. The largest absolute Gasteiger partial charge is 0.322 e. The molecule has 21 heavy (non-hydrogen) atoms. The van der Waals surface area contributed by atoms with Crippen LogP contribution in [0.5, 0.6) is 0 Å². The van der Waals surface area contributed by atoms with E-state index in [0.29, 0.717) is 16.6 Å². The summed E-state index contributed by atoms with van der Waals surface area (Å²) >= 11 is 18.5. The number of hydrogen-bond acceptors (Lipinski definition) is 1. The first-order valence-electron chi connectivity index (χ1n) is 6.59. The summed E-state index contributed by atoms with van der Waals surface area (Å²) in [6, 6.07) is 13.8. The zero-order valence-corrected chi connectivity index (χ0v) is 13.6. The Morgan fingerprint density at radius 3 is 2.43 bits per heavy atom. The van der Waals surface area contributed by atoms with Crippen molar-refractivity contribution >= 4 is 45.8 Å². The van der Waals surface area contributed by atoms with E-state index < -0.39 is 0 Å². The molecule has 3 rings (SSSR count). The number of halogens is 3. The Morgan fingerprint density at radius 2 is 1.76 bits per heavy atom. The minimum atomic E-state index is -0.196. The molecule has 0 saturated heterocycles. The number of hydrogen-bond donors (Lipinski definition) is 0. The zero-order valence-electron chi connectivity index (χ0n) is 11.4. The van der Waals surface area contributed by atoms with E-state index in [9.17, 15) is 0 Å². The first-order valence-corrected chi connectivity index (χ1v) is 7.78. The molecule has 0 bridgehead atoms. The van der Waals surface area contributed by atoms with Gasteiger partial charge < -0.3 is 4.57 Å². The number of aromatic nitrogens is 2. The zero-order chi connectivity index (χ0) is 15.0.